The van der Waals surface area contributed by atoms with E-state index in [1.807, 2.05) is 19.1 Å². The molecule has 31 heavy (non-hydrogen) atoms. The van der Waals surface area contributed by atoms with Crippen molar-refractivity contribution in [3.05, 3.63) is 88.0 Å². The number of rotatable bonds is 5. The Morgan fingerprint density at radius 2 is 1.97 bits per heavy atom. The first-order chi connectivity index (χ1) is 15.0. The molecule has 1 aliphatic heterocycles. The molecule has 1 aromatic heterocycles. The van der Waals surface area contributed by atoms with Gasteiger partial charge in [0.15, 0.2) is 23.0 Å². The van der Waals surface area contributed by atoms with Crippen LogP contribution in [-0.4, -0.2) is 24.9 Å². The number of nitrogens with zero attached hydrogens (tertiary/aromatic N) is 1. The number of hydrogen-bond acceptors (Lipinski definition) is 7. The number of hydrogen-bond donors (Lipinski definition) is 0. The number of ether oxygens (including phenoxy) is 3. The molecule has 156 valence electrons. The van der Waals surface area contributed by atoms with E-state index in [0.717, 1.165) is 5.56 Å². The van der Waals surface area contributed by atoms with Gasteiger partial charge in [0, 0.05) is 0 Å². The fourth-order valence-corrected chi connectivity index (χ4v) is 3.20. The highest BCUT2D eigenvalue weighted by Crippen LogP contribution is 2.38. The van der Waals surface area contributed by atoms with Crippen molar-refractivity contribution in [3.63, 3.8) is 0 Å². The van der Waals surface area contributed by atoms with Crippen LogP contribution in [0.25, 0.3) is 6.08 Å². The summed E-state index contributed by atoms with van der Waals surface area (Å²) in [6, 6.07) is 13.4. The van der Waals surface area contributed by atoms with Gasteiger partial charge in [-0.15, -0.1) is 0 Å². The van der Waals surface area contributed by atoms with Crippen LogP contribution in [0.15, 0.2) is 69.9 Å². The minimum Gasteiger partial charge on any atom is -0.493 e. The molecule has 4 rings (SSSR count). The van der Waals surface area contributed by atoms with E-state index in [1.54, 1.807) is 30.3 Å². The number of carbonyl (C=O) groups is 2. The number of furan rings is 1. The van der Waals surface area contributed by atoms with Crippen LogP contribution in [0.2, 0.25) is 5.02 Å². The van der Waals surface area contributed by atoms with Crippen molar-refractivity contribution in [1.82, 2.24) is 0 Å². The molecule has 3 aromatic rings. The van der Waals surface area contributed by atoms with Gasteiger partial charge in [-0.05, 0) is 54.5 Å². The fraction of sp³-hybridized carbons (Fsp3) is 0.0870. The summed E-state index contributed by atoms with van der Waals surface area (Å²) in [6.45, 7) is 1.81. The maximum Gasteiger partial charge on any atom is 0.363 e. The van der Waals surface area contributed by atoms with Gasteiger partial charge in [-0.2, -0.15) is 0 Å². The molecule has 0 atom stereocenters. The monoisotopic (exact) mass is 437 g/mol. The normalized spacial score (nSPS) is 14.4. The average molecular weight is 438 g/mol. The quantitative estimate of drug-likeness (QED) is 0.323. The third-order valence-electron chi connectivity index (χ3n) is 4.47. The Balaban J connectivity index is 1.64. The number of aryl methyl sites for hydroxylation is 1. The topological polar surface area (TPSA) is 87.3 Å². The molecule has 0 amide bonds. The van der Waals surface area contributed by atoms with Gasteiger partial charge in [-0.1, -0.05) is 29.8 Å². The smallest absolute Gasteiger partial charge is 0.363 e. The molecular weight excluding hydrogens is 422 g/mol. The lowest BCUT2D eigenvalue weighted by molar-refractivity contribution is -0.130. The second-order valence-corrected chi connectivity index (χ2v) is 6.96. The zero-order valence-electron chi connectivity index (χ0n) is 16.5. The van der Waals surface area contributed by atoms with Gasteiger partial charge in [0.05, 0.1) is 24.0 Å². The van der Waals surface area contributed by atoms with Crippen LogP contribution in [-0.2, 0) is 9.53 Å². The number of aliphatic imine (C=N–C) groups is 1. The second kappa shape index (κ2) is 8.49. The molecule has 0 aliphatic carbocycles. The summed E-state index contributed by atoms with van der Waals surface area (Å²) >= 11 is 6.36. The molecule has 0 radical (unpaired) electrons. The maximum absolute atomic E-state index is 12.6. The first-order valence-electron chi connectivity index (χ1n) is 9.18. The van der Waals surface area contributed by atoms with Crippen molar-refractivity contribution >= 4 is 35.5 Å². The van der Waals surface area contributed by atoms with Gasteiger partial charge in [0.2, 0.25) is 0 Å². The molecule has 0 unspecified atom stereocenters. The highest BCUT2D eigenvalue weighted by molar-refractivity contribution is 6.32. The standard InChI is InChI=1S/C23H16ClNO6/c1-13-6-3-4-7-15(13)22(26)30-20-16(24)10-14(12-19(20)28-2)11-17-23(27)31-21(25-17)18-8-5-9-29-18/h3-12H,1-2H3/b17-11-. The largest absolute Gasteiger partial charge is 0.493 e. The minimum absolute atomic E-state index is 0.0641. The first-order valence-corrected chi connectivity index (χ1v) is 9.56. The molecule has 1 aliphatic rings. The lowest BCUT2D eigenvalue weighted by atomic mass is 10.1. The lowest BCUT2D eigenvalue weighted by Crippen LogP contribution is -2.11. The molecule has 0 saturated carbocycles. The number of carbonyl (C=O) groups excluding carboxylic acids is 2. The van der Waals surface area contributed by atoms with Gasteiger partial charge in [0.1, 0.15) is 0 Å². The Bertz CT molecular complexity index is 1230. The highest BCUT2D eigenvalue weighted by Gasteiger charge is 2.26. The molecule has 0 fully saturated rings. The SMILES string of the molecule is COc1cc(/C=C2\N=C(c3ccco3)OC2=O)cc(Cl)c1OC(=O)c1ccccc1C. The van der Waals surface area contributed by atoms with Crippen LogP contribution in [0.1, 0.15) is 27.2 Å². The highest BCUT2D eigenvalue weighted by atomic mass is 35.5. The van der Waals surface area contributed by atoms with Crippen LogP contribution >= 0.6 is 11.6 Å². The third-order valence-corrected chi connectivity index (χ3v) is 4.75. The molecule has 2 heterocycles. The van der Waals surface area contributed by atoms with Crippen LogP contribution in [0.3, 0.4) is 0 Å². The van der Waals surface area contributed by atoms with E-state index in [-0.39, 0.29) is 28.1 Å². The third kappa shape index (κ3) is 4.22. The predicted octanol–water partition coefficient (Wildman–Crippen LogP) is 4.81. The van der Waals surface area contributed by atoms with E-state index >= 15 is 0 Å². The van der Waals surface area contributed by atoms with Gasteiger partial charge < -0.3 is 18.6 Å². The number of cyclic esters (lactones) is 1. The Morgan fingerprint density at radius 3 is 2.68 bits per heavy atom. The average Bonchev–Trinajstić information content (AvgIpc) is 3.40. The van der Waals surface area contributed by atoms with Crippen molar-refractivity contribution < 1.29 is 28.2 Å². The summed E-state index contributed by atoms with van der Waals surface area (Å²) in [5.74, 6) is -0.474. The second-order valence-electron chi connectivity index (χ2n) is 6.55. The van der Waals surface area contributed by atoms with Crippen molar-refractivity contribution in [2.24, 2.45) is 4.99 Å². The fourth-order valence-electron chi connectivity index (χ4n) is 2.94. The number of esters is 2. The maximum atomic E-state index is 12.6. The molecule has 0 saturated heterocycles. The Kier molecular flexibility index (Phi) is 5.60. The van der Waals surface area contributed by atoms with Crippen LogP contribution in [0.5, 0.6) is 11.5 Å². The van der Waals surface area contributed by atoms with E-state index < -0.39 is 11.9 Å². The summed E-state index contributed by atoms with van der Waals surface area (Å²) in [4.78, 5) is 28.9. The summed E-state index contributed by atoms with van der Waals surface area (Å²) in [7, 11) is 1.42. The molecule has 7 nitrogen and oxygen atoms in total. The molecule has 8 heteroatoms. The van der Waals surface area contributed by atoms with Crippen molar-refractivity contribution in [2.45, 2.75) is 6.92 Å². The van der Waals surface area contributed by atoms with Crippen LogP contribution < -0.4 is 9.47 Å². The predicted molar refractivity (Wildman–Crippen MR) is 113 cm³/mol. The summed E-state index contributed by atoms with van der Waals surface area (Å²) < 4.78 is 21.2. The minimum atomic E-state index is -0.628. The van der Waals surface area contributed by atoms with Crippen molar-refractivity contribution in [2.75, 3.05) is 7.11 Å². The van der Waals surface area contributed by atoms with Crippen molar-refractivity contribution in [3.8, 4) is 11.5 Å². The van der Waals surface area contributed by atoms with Crippen LogP contribution in [0, 0.1) is 6.92 Å². The zero-order valence-corrected chi connectivity index (χ0v) is 17.3. The van der Waals surface area contributed by atoms with E-state index in [9.17, 15) is 9.59 Å². The van der Waals surface area contributed by atoms with Gasteiger partial charge in [-0.3, -0.25) is 0 Å². The van der Waals surface area contributed by atoms with E-state index in [4.69, 9.17) is 30.2 Å². The van der Waals surface area contributed by atoms with E-state index in [2.05, 4.69) is 4.99 Å². The summed E-state index contributed by atoms with van der Waals surface area (Å²) in [6.07, 6.45) is 2.94. The van der Waals surface area contributed by atoms with Gasteiger partial charge in [-0.25, -0.2) is 14.6 Å². The molecule has 0 spiro atoms. The number of benzene rings is 2. The number of halogens is 1. The van der Waals surface area contributed by atoms with Gasteiger partial charge >= 0.3 is 11.9 Å². The summed E-state index contributed by atoms with van der Waals surface area (Å²) in [5, 5.41) is 0.134. The Hall–Kier alpha value is -3.84. The zero-order chi connectivity index (χ0) is 22.0. The molecule has 2 aromatic carbocycles. The van der Waals surface area contributed by atoms with Crippen molar-refractivity contribution in [1.29, 1.82) is 0 Å². The van der Waals surface area contributed by atoms with Gasteiger partial charge in [0.25, 0.3) is 5.90 Å². The van der Waals surface area contributed by atoms with E-state index in [0.29, 0.717) is 16.9 Å². The summed E-state index contributed by atoms with van der Waals surface area (Å²) in [5.41, 5.74) is 1.76. The molecule has 0 N–H and O–H groups in total. The number of methoxy groups -OCH3 is 1. The van der Waals surface area contributed by atoms with Crippen LogP contribution in [0.4, 0.5) is 0 Å². The Labute approximate surface area is 182 Å². The molecular formula is C23H16ClNO6. The first kappa shape index (κ1) is 20.4. The lowest BCUT2D eigenvalue weighted by Gasteiger charge is -2.13. The van der Waals surface area contributed by atoms with E-state index in [1.165, 1.54) is 25.5 Å². The Morgan fingerprint density at radius 1 is 1.16 bits per heavy atom. The molecule has 0 bridgehead atoms.